The first-order valence-electron chi connectivity index (χ1n) is 6.36. The number of rotatable bonds is 2. The van der Waals surface area contributed by atoms with Gasteiger partial charge >= 0.3 is 0 Å². The van der Waals surface area contributed by atoms with Gasteiger partial charge in [0.2, 0.25) is 0 Å². The molecular weight excluding hydrogens is 210 g/mol. The van der Waals surface area contributed by atoms with Crippen LogP contribution in [0.1, 0.15) is 18.5 Å². The lowest BCUT2D eigenvalue weighted by Gasteiger charge is -2.33. The number of aromatic nitrogens is 1. The average Bonchev–Trinajstić information content (AvgIpc) is 2.86. The lowest BCUT2D eigenvalue weighted by Crippen LogP contribution is -2.44. The molecule has 1 aliphatic heterocycles. The van der Waals surface area contributed by atoms with Crippen LogP contribution in [0.2, 0.25) is 0 Å². The van der Waals surface area contributed by atoms with Crippen LogP contribution in [0, 0.1) is 0 Å². The monoisotopic (exact) mass is 229 g/mol. The minimum absolute atomic E-state index is 0.511. The van der Waals surface area contributed by atoms with Crippen molar-refractivity contribution in [2.45, 2.75) is 13.0 Å². The van der Waals surface area contributed by atoms with E-state index in [0.717, 1.165) is 26.2 Å². The Morgan fingerprint density at radius 1 is 1.18 bits per heavy atom. The van der Waals surface area contributed by atoms with Crippen molar-refractivity contribution >= 4 is 10.9 Å². The van der Waals surface area contributed by atoms with E-state index in [1.807, 2.05) is 6.20 Å². The van der Waals surface area contributed by atoms with E-state index in [1.165, 1.54) is 16.5 Å². The Bertz CT molecular complexity index is 497. The van der Waals surface area contributed by atoms with Gasteiger partial charge in [0.05, 0.1) is 0 Å². The fourth-order valence-corrected chi connectivity index (χ4v) is 2.61. The molecule has 1 atom stereocenters. The Hall–Kier alpha value is -1.32. The maximum atomic E-state index is 3.40. The van der Waals surface area contributed by atoms with E-state index in [2.05, 4.69) is 46.4 Å². The van der Waals surface area contributed by atoms with Gasteiger partial charge in [0.15, 0.2) is 0 Å². The first kappa shape index (κ1) is 10.8. The summed E-state index contributed by atoms with van der Waals surface area (Å²) >= 11 is 0. The van der Waals surface area contributed by atoms with Crippen molar-refractivity contribution in [3.63, 3.8) is 0 Å². The van der Waals surface area contributed by atoms with Gasteiger partial charge in [0.1, 0.15) is 0 Å². The van der Waals surface area contributed by atoms with E-state index >= 15 is 0 Å². The predicted molar refractivity (Wildman–Crippen MR) is 71.2 cm³/mol. The fourth-order valence-electron chi connectivity index (χ4n) is 2.61. The van der Waals surface area contributed by atoms with Crippen molar-refractivity contribution in [2.24, 2.45) is 0 Å². The van der Waals surface area contributed by atoms with Gasteiger partial charge in [-0.1, -0.05) is 6.07 Å². The van der Waals surface area contributed by atoms with Gasteiger partial charge in [-0.3, -0.25) is 4.90 Å². The third-order valence-corrected chi connectivity index (χ3v) is 3.76. The minimum Gasteiger partial charge on any atom is -0.361 e. The van der Waals surface area contributed by atoms with Crippen molar-refractivity contribution in [1.29, 1.82) is 0 Å². The van der Waals surface area contributed by atoms with E-state index in [1.54, 1.807) is 0 Å². The summed E-state index contributed by atoms with van der Waals surface area (Å²) in [5.41, 5.74) is 2.64. The van der Waals surface area contributed by atoms with Crippen LogP contribution < -0.4 is 5.32 Å². The summed E-state index contributed by atoms with van der Waals surface area (Å²) in [6.45, 7) is 6.81. The van der Waals surface area contributed by atoms with E-state index in [-0.39, 0.29) is 0 Å². The molecule has 3 rings (SSSR count). The van der Waals surface area contributed by atoms with Crippen LogP contribution in [-0.4, -0.2) is 36.1 Å². The molecule has 2 heterocycles. The number of nitrogens with zero attached hydrogens (tertiary/aromatic N) is 1. The van der Waals surface area contributed by atoms with E-state index < -0.39 is 0 Å². The van der Waals surface area contributed by atoms with E-state index in [4.69, 9.17) is 0 Å². The normalized spacial score (nSPS) is 19.6. The molecule has 1 saturated heterocycles. The van der Waals surface area contributed by atoms with E-state index in [9.17, 15) is 0 Å². The summed E-state index contributed by atoms with van der Waals surface area (Å²) in [6, 6.07) is 9.38. The molecule has 3 heteroatoms. The number of benzene rings is 1. The highest BCUT2D eigenvalue weighted by Crippen LogP contribution is 2.24. The number of hydrogen-bond acceptors (Lipinski definition) is 2. The summed E-state index contributed by atoms with van der Waals surface area (Å²) in [6.07, 6.45) is 2.00. The summed E-state index contributed by atoms with van der Waals surface area (Å²) < 4.78 is 0. The summed E-state index contributed by atoms with van der Waals surface area (Å²) in [5.74, 6) is 0. The maximum Gasteiger partial charge on any atom is 0.0454 e. The first-order valence-corrected chi connectivity index (χ1v) is 6.36. The third kappa shape index (κ3) is 2.08. The van der Waals surface area contributed by atoms with Gasteiger partial charge in [-0.2, -0.15) is 0 Å². The van der Waals surface area contributed by atoms with Gasteiger partial charge in [-0.05, 0) is 36.1 Å². The summed E-state index contributed by atoms with van der Waals surface area (Å²) in [4.78, 5) is 5.79. The molecule has 1 aliphatic rings. The fraction of sp³-hybridized carbons (Fsp3) is 0.429. The molecule has 2 N–H and O–H groups in total. The maximum absolute atomic E-state index is 3.40. The Labute approximate surface area is 102 Å². The zero-order valence-corrected chi connectivity index (χ0v) is 10.2. The third-order valence-electron chi connectivity index (χ3n) is 3.76. The number of fused-ring (bicyclic) bond motifs is 1. The molecule has 0 aliphatic carbocycles. The average molecular weight is 229 g/mol. The van der Waals surface area contributed by atoms with Crippen LogP contribution >= 0.6 is 0 Å². The predicted octanol–water partition coefficient (Wildman–Crippen LogP) is 2.13. The highest BCUT2D eigenvalue weighted by molar-refractivity contribution is 5.80. The van der Waals surface area contributed by atoms with Crippen LogP contribution in [0.5, 0.6) is 0 Å². The highest BCUT2D eigenvalue weighted by Gasteiger charge is 2.17. The second-order valence-electron chi connectivity index (χ2n) is 4.79. The van der Waals surface area contributed by atoms with Crippen molar-refractivity contribution in [3.05, 3.63) is 36.0 Å². The van der Waals surface area contributed by atoms with Gasteiger partial charge in [0, 0.05) is 43.9 Å². The van der Waals surface area contributed by atoms with Gasteiger partial charge in [-0.15, -0.1) is 0 Å². The van der Waals surface area contributed by atoms with Crippen LogP contribution in [0.3, 0.4) is 0 Å². The van der Waals surface area contributed by atoms with Crippen LogP contribution in [-0.2, 0) is 0 Å². The van der Waals surface area contributed by atoms with Gasteiger partial charge in [0.25, 0.3) is 0 Å². The second kappa shape index (κ2) is 4.51. The molecule has 0 saturated carbocycles. The largest absolute Gasteiger partial charge is 0.361 e. The zero-order chi connectivity index (χ0) is 11.7. The molecule has 1 fully saturated rings. The van der Waals surface area contributed by atoms with Crippen molar-refractivity contribution in [2.75, 3.05) is 26.2 Å². The molecule has 2 aromatic rings. The lowest BCUT2D eigenvalue weighted by molar-refractivity contribution is 0.185. The first-order chi connectivity index (χ1) is 8.34. The highest BCUT2D eigenvalue weighted by atomic mass is 15.2. The summed E-state index contributed by atoms with van der Waals surface area (Å²) in [7, 11) is 0. The molecular formula is C14H19N3. The van der Waals surface area contributed by atoms with Crippen LogP contribution in [0.15, 0.2) is 30.5 Å². The van der Waals surface area contributed by atoms with Gasteiger partial charge < -0.3 is 10.3 Å². The van der Waals surface area contributed by atoms with Crippen LogP contribution in [0.4, 0.5) is 0 Å². The molecule has 17 heavy (non-hydrogen) atoms. The topological polar surface area (TPSA) is 31.1 Å². The molecule has 90 valence electrons. The molecule has 0 radical (unpaired) electrons. The number of hydrogen-bond donors (Lipinski definition) is 2. The molecule has 1 aromatic carbocycles. The quantitative estimate of drug-likeness (QED) is 0.826. The smallest absolute Gasteiger partial charge is 0.0454 e. The zero-order valence-electron chi connectivity index (χ0n) is 10.2. The molecule has 0 spiro atoms. The minimum atomic E-state index is 0.511. The van der Waals surface area contributed by atoms with Crippen molar-refractivity contribution < 1.29 is 0 Å². The molecule has 1 unspecified atom stereocenters. The molecule has 1 aromatic heterocycles. The van der Waals surface area contributed by atoms with Gasteiger partial charge in [-0.25, -0.2) is 0 Å². The molecule has 0 bridgehead atoms. The molecule has 0 amide bonds. The summed E-state index contributed by atoms with van der Waals surface area (Å²) in [5, 5.41) is 4.71. The van der Waals surface area contributed by atoms with Crippen molar-refractivity contribution in [3.8, 4) is 0 Å². The number of piperazine rings is 1. The molecule has 3 nitrogen and oxygen atoms in total. The second-order valence-corrected chi connectivity index (χ2v) is 4.79. The van der Waals surface area contributed by atoms with Crippen molar-refractivity contribution in [1.82, 2.24) is 15.2 Å². The van der Waals surface area contributed by atoms with Crippen LogP contribution in [0.25, 0.3) is 10.9 Å². The standard InChI is InChI=1S/C14H19N3/c1-11(17-8-6-15-7-9-17)12-2-3-14-13(10-12)4-5-16-14/h2-5,10-11,15-16H,6-9H2,1H3. The number of H-pyrrole nitrogens is 1. The van der Waals surface area contributed by atoms with E-state index in [0.29, 0.717) is 6.04 Å². The Balaban J connectivity index is 1.86. The Kier molecular flexibility index (Phi) is 2.87. The lowest BCUT2D eigenvalue weighted by atomic mass is 10.0. The Morgan fingerprint density at radius 3 is 2.82 bits per heavy atom. The SMILES string of the molecule is CC(c1ccc2[nH]ccc2c1)N1CCNCC1. The number of aromatic amines is 1. The Morgan fingerprint density at radius 2 is 2.00 bits per heavy atom. The number of nitrogens with one attached hydrogen (secondary N) is 2.